The van der Waals surface area contributed by atoms with E-state index in [0.717, 1.165) is 18.2 Å². The van der Waals surface area contributed by atoms with Gasteiger partial charge in [-0.2, -0.15) is 0 Å². The van der Waals surface area contributed by atoms with Crippen molar-refractivity contribution in [2.24, 2.45) is 0 Å². The van der Waals surface area contributed by atoms with E-state index in [0.29, 0.717) is 0 Å². The van der Waals surface area contributed by atoms with Crippen LogP contribution < -0.4 is 10.1 Å². The lowest BCUT2D eigenvalue weighted by Gasteiger charge is -2.05. The van der Waals surface area contributed by atoms with Crippen molar-refractivity contribution in [2.75, 3.05) is 13.2 Å². The molecule has 0 aliphatic rings. The minimum Gasteiger partial charge on any atom is -0.407 e. The van der Waals surface area contributed by atoms with Crippen molar-refractivity contribution in [2.45, 2.75) is 0 Å². The molecule has 1 amide bonds. The molecule has 6 heteroatoms. The van der Waals surface area contributed by atoms with Crippen molar-refractivity contribution in [3.63, 3.8) is 0 Å². The van der Waals surface area contributed by atoms with E-state index in [1.165, 1.54) is 0 Å². The number of aliphatic hydroxyl groups is 1. The summed E-state index contributed by atoms with van der Waals surface area (Å²) in [6, 6.07) is 2.52. The minimum absolute atomic E-state index is 0.0181. The van der Waals surface area contributed by atoms with Gasteiger partial charge >= 0.3 is 6.09 Å². The second kappa shape index (κ2) is 5.26. The van der Waals surface area contributed by atoms with E-state index in [-0.39, 0.29) is 13.2 Å². The minimum atomic E-state index is -0.950. The van der Waals surface area contributed by atoms with Crippen LogP contribution in [0.1, 0.15) is 0 Å². The van der Waals surface area contributed by atoms with Crippen LogP contribution in [0.3, 0.4) is 0 Å². The average Bonchev–Trinajstić information content (AvgIpc) is 2.20. The highest BCUT2D eigenvalue weighted by Crippen LogP contribution is 2.17. The molecule has 1 aromatic carbocycles. The number of carbonyl (C=O) groups excluding carboxylic acids is 1. The molecule has 0 saturated heterocycles. The van der Waals surface area contributed by atoms with Gasteiger partial charge in [-0.25, -0.2) is 13.6 Å². The molecule has 1 aromatic rings. The van der Waals surface area contributed by atoms with E-state index >= 15 is 0 Å². The van der Waals surface area contributed by atoms with Crippen LogP contribution in [0.5, 0.6) is 5.75 Å². The average molecular weight is 217 g/mol. The van der Waals surface area contributed by atoms with Gasteiger partial charge in [0.1, 0.15) is 5.82 Å². The number of aliphatic hydroxyl groups excluding tert-OH is 1. The summed E-state index contributed by atoms with van der Waals surface area (Å²) >= 11 is 0. The normalized spacial score (nSPS) is 9.80. The molecule has 0 radical (unpaired) electrons. The molecule has 2 N–H and O–H groups in total. The van der Waals surface area contributed by atoms with Gasteiger partial charge in [-0.3, -0.25) is 0 Å². The molecule has 0 unspecified atom stereocenters. The number of amides is 1. The van der Waals surface area contributed by atoms with Crippen molar-refractivity contribution in [3.05, 3.63) is 29.8 Å². The van der Waals surface area contributed by atoms with Crippen LogP contribution in [0, 0.1) is 11.6 Å². The highest BCUT2D eigenvalue weighted by molar-refractivity contribution is 5.70. The van der Waals surface area contributed by atoms with Gasteiger partial charge < -0.3 is 15.2 Å². The first-order valence-electron chi connectivity index (χ1n) is 4.15. The van der Waals surface area contributed by atoms with Crippen LogP contribution in [-0.2, 0) is 0 Å². The molecule has 0 saturated carbocycles. The molecule has 0 heterocycles. The van der Waals surface area contributed by atoms with E-state index in [9.17, 15) is 13.6 Å². The Bertz CT molecular complexity index is 357. The first kappa shape index (κ1) is 11.4. The maximum Gasteiger partial charge on any atom is 0.412 e. The maximum atomic E-state index is 12.9. The number of hydrogen-bond acceptors (Lipinski definition) is 3. The monoisotopic (exact) mass is 217 g/mol. The zero-order valence-electron chi connectivity index (χ0n) is 7.67. The topological polar surface area (TPSA) is 58.6 Å². The molecule has 82 valence electrons. The Morgan fingerprint density at radius 3 is 2.87 bits per heavy atom. The highest BCUT2D eigenvalue weighted by Gasteiger charge is 2.09. The standard InChI is InChI=1S/C9H9F2NO3/c10-6-1-2-7(11)8(5-6)15-9(14)12-3-4-13/h1-2,5,13H,3-4H2,(H,12,14). The fraction of sp³-hybridized carbons (Fsp3) is 0.222. The number of ether oxygens (including phenoxy) is 1. The Morgan fingerprint density at radius 1 is 1.47 bits per heavy atom. The summed E-state index contributed by atoms with van der Waals surface area (Å²) in [7, 11) is 0. The van der Waals surface area contributed by atoms with Crippen molar-refractivity contribution < 1.29 is 23.4 Å². The van der Waals surface area contributed by atoms with Crippen molar-refractivity contribution in [1.29, 1.82) is 0 Å². The van der Waals surface area contributed by atoms with Gasteiger partial charge in [0.25, 0.3) is 0 Å². The maximum absolute atomic E-state index is 12.9. The second-order valence-corrected chi connectivity index (χ2v) is 2.61. The van der Waals surface area contributed by atoms with Crippen LogP contribution in [0.15, 0.2) is 18.2 Å². The zero-order valence-corrected chi connectivity index (χ0v) is 7.67. The summed E-state index contributed by atoms with van der Waals surface area (Å²) in [6.45, 7) is -0.281. The lowest BCUT2D eigenvalue weighted by Crippen LogP contribution is -2.29. The van der Waals surface area contributed by atoms with Crippen molar-refractivity contribution in [3.8, 4) is 5.75 Å². The predicted octanol–water partition coefficient (Wildman–Crippen LogP) is 1.05. The molecule has 0 bridgehead atoms. The SMILES string of the molecule is O=C(NCCO)Oc1cc(F)ccc1F. The number of carbonyl (C=O) groups is 1. The molecular formula is C9H9F2NO3. The molecule has 0 aliphatic carbocycles. The Kier molecular flexibility index (Phi) is 3.99. The van der Waals surface area contributed by atoms with Gasteiger partial charge in [0.05, 0.1) is 6.61 Å². The van der Waals surface area contributed by atoms with Crippen LogP contribution >= 0.6 is 0 Å². The van der Waals surface area contributed by atoms with Gasteiger partial charge in [0.15, 0.2) is 11.6 Å². The summed E-state index contributed by atoms with van der Waals surface area (Å²) in [5.41, 5.74) is 0. The van der Waals surface area contributed by atoms with Crippen molar-refractivity contribution in [1.82, 2.24) is 5.32 Å². The third-order valence-electron chi connectivity index (χ3n) is 1.48. The number of halogens is 2. The van der Waals surface area contributed by atoms with E-state index in [4.69, 9.17) is 5.11 Å². The second-order valence-electron chi connectivity index (χ2n) is 2.61. The van der Waals surface area contributed by atoms with Crippen LogP contribution in [0.25, 0.3) is 0 Å². The summed E-state index contributed by atoms with van der Waals surface area (Å²) in [6.07, 6.45) is -0.950. The molecule has 0 aromatic heterocycles. The van der Waals surface area contributed by atoms with Gasteiger partial charge in [0.2, 0.25) is 0 Å². The third kappa shape index (κ3) is 3.51. The summed E-state index contributed by atoms with van der Waals surface area (Å²) in [5, 5.41) is 10.5. The zero-order chi connectivity index (χ0) is 11.3. The lowest BCUT2D eigenvalue weighted by atomic mass is 10.3. The van der Waals surface area contributed by atoms with E-state index < -0.39 is 23.5 Å². The summed E-state index contributed by atoms with van der Waals surface area (Å²) in [4.78, 5) is 10.9. The lowest BCUT2D eigenvalue weighted by molar-refractivity contribution is 0.193. The molecule has 0 spiro atoms. The number of benzene rings is 1. The van der Waals surface area contributed by atoms with Crippen LogP contribution in [0.2, 0.25) is 0 Å². The Labute approximate surface area is 84.5 Å². The van der Waals surface area contributed by atoms with Crippen molar-refractivity contribution >= 4 is 6.09 Å². The van der Waals surface area contributed by atoms with Gasteiger partial charge in [-0.15, -0.1) is 0 Å². The first-order chi connectivity index (χ1) is 7.13. The number of rotatable bonds is 3. The molecule has 4 nitrogen and oxygen atoms in total. The summed E-state index contributed by atoms with van der Waals surface area (Å²) in [5.74, 6) is -2.04. The molecule has 1 rings (SSSR count). The molecule has 0 aliphatic heterocycles. The van der Waals surface area contributed by atoms with Crippen LogP contribution in [0.4, 0.5) is 13.6 Å². The Hall–Kier alpha value is -1.69. The number of hydrogen-bond donors (Lipinski definition) is 2. The van der Waals surface area contributed by atoms with Gasteiger partial charge in [-0.05, 0) is 12.1 Å². The molecule has 0 fully saturated rings. The molecule has 0 atom stereocenters. The summed E-state index contributed by atoms with van der Waals surface area (Å²) < 4.78 is 30.0. The largest absolute Gasteiger partial charge is 0.412 e. The van der Waals surface area contributed by atoms with E-state index in [1.54, 1.807) is 0 Å². The molecular weight excluding hydrogens is 208 g/mol. The highest BCUT2D eigenvalue weighted by atomic mass is 19.1. The Balaban J connectivity index is 2.63. The van der Waals surface area contributed by atoms with E-state index in [1.807, 2.05) is 0 Å². The third-order valence-corrected chi connectivity index (χ3v) is 1.48. The van der Waals surface area contributed by atoms with E-state index in [2.05, 4.69) is 10.1 Å². The van der Waals surface area contributed by atoms with Crippen LogP contribution in [-0.4, -0.2) is 24.4 Å². The number of nitrogens with one attached hydrogen (secondary N) is 1. The van der Waals surface area contributed by atoms with Gasteiger partial charge in [0, 0.05) is 12.6 Å². The fourth-order valence-electron chi connectivity index (χ4n) is 0.849. The predicted molar refractivity (Wildman–Crippen MR) is 47.5 cm³/mol. The smallest absolute Gasteiger partial charge is 0.407 e. The van der Waals surface area contributed by atoms with Gasteiger partial charge in [-0.1, -0.05) is 0 Å². The first-order valence-corrected chi connectivity index (χ1v) is 4.15. The molecule has 15 heavy (non-hydrogen) atoms. The quantitative estimate of drug-likeness (QED) is 0.795. The Morgan fingerprint density at radius 2 is 2.20 bits per heavy atom. The fourth-order valence-corrected chi connectivity index (χ4v) is 0.849.